The Balaban J connectivity index is 3.43. The highest BCUT2D eigenvalue weighted by Crippen LogP contribution is 1.79. The third-order valence-electron chi connectivity index (χ3n) is 1.15. The maximum Gasteiger partial charge on any atom is 0.210 e. The number of sulfonamides is 1. The lowest BCUT2D eigenvalue weighted by Gasteiger charge is -2.08. The van der Waals surface area contributed by atoms with Gasteiger partial charge in [0.25, 0.3) is 0 Å². The molecule has 0 radical (unpaired) electrons. The third kappa shape index (κ3) is 7.73. The van der Waals surface area contributed by atoms with Crippen molar-refractivity contribution in [3.05, 3.63) is 0 Å². The molecular formula is C5H14N2O3S. The minimum atomic E-state index is -3.37. The summed E-state index contributed by atoms with van der Waals surface area (Å²) in [4.78, 5) is 0. The van der Waals surface area contributed by atoms with Crippen LogP contribution in [0.15, 0.2) is 0 Å². The molecule has 0 bridgehead atoms. The van der Waals surface area contributed by atoms with Crippen LogP contribution in [0.3, 0.4) is 0 Å². The normalized spacial score (nSPS) is 14.8. The number of hydrogen-bond acceptors (Lipinski definition) is 4. The van der Waals surface area contributed by atoms with Gasteiger partial charge in [0.2, 0.25) is 10.0 Å². The second-order valence-corrected chi connectivity index (χ2v) is 4.14. The van der Waals surface area contributed by atoms with Gasteiger partial charge in [0.1, 0.15) is 0 Å². The summed E-state index contributed by atoms with van der Waals surface area (Å²) in [6.07, 6.45) is 0. The smallest absolute Gasteiger partial charge is 0.210 e. The molecule has 0 saturated heterocycles. The molecule has 11 heavy (non-hydrogen) atoms. The van der Waals surface area contributed by atoms with Crippen molar-refractivity contribution < 1.29 is 13.5 Å². The summed E-state index contributed by atoms with van der Waals surface area (Å²) in [6, 6.07) is -0.0863. The second-order valence-electron chi connectivity index (χ2n) is 2.40. The fourth-order valence-corrected chi connectivity index (χ4v) is 0.915. The maximum absolute atomic E-state index is 10.4. The Morgan fingerprint density at radius 2 is 2.18 bits per heavy atom. The molecule has 6 heteroatoms. The highest BCUT2D eigenvalue weighted by atomic mass is 32.2. The van der Waals surface area contributed by atoms with Crippen LogP contribution in [0.2, 0.25) is 0 Å². The monoisotopic (exact) mass is 182 g/mol. The average Bonchev–Trinajstić information content (AvgIpc) is 1.85. The summed E-state index contributed by atoms with van der Waals surface area (Å²) in [5, 5.41) is 16.0. The highest BCUT2D eigenvalue weighted by molar-refractivity contribution is 7.89. The standard InChI is InChI=1S/C5H14N2O3S/c1-5(4-8)7-2-3-11(6,9)10/h5,7-8H,2-4H2,1H3,(H2,6,9,10). The van der Waals surface area contributed by atoms with E-state index in [-0.39, 0.29) is 24.9 Å². The topological polar surface area (TPSA) is 92.4 Å². The van der Waals surface area contributed by atoms with Gasteiger partial charge >= 0.3 is 0 Å². The van der Waals surface area contributed by atoms with Gasteiger partial charge in [-0.1, -0.05) is 0 Å². The fourth-order valence-electron chi connectivity index (χ4n) is 0.512. The zero-order valence-electron chi connectivity index (χ0n) is 6.45. The molecule has 0 fully saturated rings. The van der Waals surface area contributed by atoms with Crippen molar-refractivity contribution >= 4 is 10.0 Å². The first-order chi connectivity index (χ1) is 4.95. The fraction of sp³-hybridized carbons (Fsp3) is 1.00. The summed E-state index contributed by atoms with van der Waals surface area (Å²) in [7, 11) is -3.37. The van der Waals surface area contributed by atoms with Crippen molar-refractivity contribution in [3.8, 4) is 0 Å². The predicted octanol–water partition coefficient (Wildman–Crippen LogP) is -1.75. The third-order valence-corrected chi connectivity index (χ3v) is 1.93. The molecule has 0 amide bonds. The van der Waals surface area contributed by atoms with Crippen molar-refractivity contribution in [1.82, 2.24) is 5.32 Å². The van der Waals surface area contributed by atoms with Gasteiger partial charge in [0, 0.05) is 12.6 Å². The molecule has 0 aliphatic heterocycles. The van der Waals surface area contributed by atoms with E-state index in [2.05, 4.69) is 5.32 Å². The van der Waals surface area contributed by atoms with Crippen molar-refractivity contribution in [1.29, 1.82) is 0 Å². The number of aliphatic hydroxyl groups excluding tert-OH is 1. The van der Waals surface area contributed by atoms with Crippen molar-refractivity contribution in [3.63, 3.8) is 0 Å². The zero-order chi connectivity index (χ0) is 8.91. The Morgan fingerprint density at radius 3 is 2.55 bits per heavy atom. The number of nitrogens with one attached hydrogen (secondary N) is 1. The summed E-state index contributed by atoms with van der Waals surface area (Å²) in [5.41, 5.74) is 0. The largest absolute Gasteiger partial charge is 0.395 e. The Bertz CT molecular complexity index is 190. The van der Waals surface area contributed by atoms with Crippen LogP contribution in [0.25, 0.3) is 0 Å². The molecule has 5 nitrogen and oxygen atoms in total. The van der Waals surface area contributed by atoms with Crippen molar-refractivity contribution in [2.75, 3.05) is 18.9 Å². The Hall–Kier alpha value is -0.170. The van der Waals surface area contributed by atoms with E-state index >= 15 is 0 Å². The molecule has 4 N–H and O–H groups in total. The number of hydrogen-bond donors (Lipinski definition) is 3. The molecule has 1 atom stereocenters. The molecule has 0 aliphatic rings. The quantitative estimate of drug-likeness (QED) is 0.470. The number of rotatable bonds is 5. The van der Waals surface area contributed by atoms with Crippen LogP contribution in [0.5, 0.6) is 0 Å². The van der Waals surface area contributed by atoms with Gasteiger partial charge in [-0.3, -0.25) is 0 Å². The molecule has 0 saturated carbocycles. The van der Waals surface area contributed by atoms with E-state index in [0.29, 0.717) is 0 Å². The molecule has 1 unspecified atom stereocenters. The van der Waals surface area contributed by atoms with Crippen LogP contribution >= 0.6 is 0 Å². The lowest BCUT2D eigenvalue weighted by molar-refractivity contribution is 0.253. The van der Waals surface area contributed by atoms with E-state index in [1.165, 1.54) is 0 Å². The molecular weight excluding hydrogens is 168 g/mol. The minimum Gasteiger partial charge on any atom is -0.395 e. The van der Waals surface area contributed by atoms with E-state index in [1.54, 1.807) is 6.92 Å². The van der Waals surface area contributed by atoms with Crippen molar-refractivity contribution in [2.24, 2.45) is 5.14 Å². The van der Waals surface area contributed by atoms with E-state index in [4.69, 9.17) is 10.2 Å². The van der Waals surface area contributed by atoms with Gasteiger partial charge in [-0.25, -0.2) is 13.6 Å². The zero-order valence-corrected chi connectivity index (χ0v) is 7.26. The van der Waals surface area contributed by atoms with Gasteiger partial charge in [-0.2, -0.15) is 0 Å². The van der Waals surface area contributed by atoms with Crippen LogP contribution < -0.4 is 10.5 Å². The molecule has 68 valence electrons. The molecule has 0 aliphatic carbocycles. The maximum atomic E-state index is 10.4. The van der Waals surface area contributed by atoms with E-state index in [0.717, 1.165) is 0 Å². The Labute approximate surface area is 66.6 Å². The predicted molar refractivity (Wildman–Crippen MR) is 42.5 cm³/mol. The van der Waals surface area contributed by atoms with Crippen LogP contribution in [0.4, 0.5) is 0 Å². The summed E-state index contributed by atoms with van der Waals surface area (Å²) in [6.45, 7) is 2.02. The second kappa shape index (κ2) is 4.66. The lowest BCUT2D eigenvalue weighted by atomic mass is 10.4. The summed E-state index contributed by atoms with van der Waals surface area (Å²) in [5.74, 6) is -0.0999. The Morgan fingerprint density at radius 1 is 1.64 bits per heavy atom. The average molecular weight is 182 g/mol. The summed E-state index contributed by atoms with van der Waals surface area (Å²) >= 11 is 0. The van der Waals surface area contributed by atoms with Gasteiger partial charge in [-0.05, 0) is 6.92 Å². The van der Waals surface area contributed by atoms with Gasteiger partial charge in [0.05, 0.1) is 12.4 Å². The van der Waals surface area contributed by atoms with Crippen LogP contribution in [0.1, 0.15) is 6.92 Å². The number of aliphatic hydroxyl groups is 1. The SMILES string of the molecule is CC(CO)NCCS(N)(=O)=O. The van der Waals surface area contributed by atoms with Crippen LogP contribution in [-0.2, 0) is 10.0 Å². The van der Waals surface area contributed by atoms with E-state index < -0.39 is 10.0 Å². The molecule has 0 aromatic heterocycles. The number of nitrogens with two attached hydrogens (primary N) is 1. The molecule has 0 aromatic carbocycles. The Kier molecular flexibility index (Phi) is 4.58. The lowest BCUT2D eigenvalue weighted by Crippen LogP contribution is -2.34. The van der Waals surface area contributed by atoms with E-state index in [9.17, 15) is 8.42 Å². The molecule has 0 rings (SSSR count). The number of primary sulfonamides is 1. The van der Waals surface area contributed by atoms with Gasteiger partial charge in [-0.15, -0.1) is 0 Å². The first-order valence-electron chi connectivity index (χ1n) is 3.30. The van der Waals surface area contributed by atoms with Gasteiger partial charge in [0.15, 0.2) is 0 Å². The summed E-state index contributed by atoms with van der Waals surface area (Å²) < 4.78 is 20.8. The minimum absolute atomic E-state index is 0.00931. The van der Waals surface area contributed by atoms with Crippen LogP contribution in [0, 0.1) is 0 Å². The first kappa shape index (κ1) is 10.8. The first-order valence-corrected chi connectivity index (χ1v) is 5.02. The molecule has 0 aromatic rings. The van der Waals surface area contributed by atoms with Gasteiger partial charge < -0.3 is 10.4 Å². The van der Waals surface area contributed by atoms with Crippen LogP contribution in [-0.4, -0.2) is 38.5 Å². The molecule has 0 heterocycles. The molecule has 0 spiro atoms. The van der Waals surface area contributed by atoms with E-state index in [1.807, 2.05) is 0 Å². The highest BCUT2D eigenvalue weighted by Gasteiger charge is 2.03. The van der Waals surface area contributed by atoms with Crippen molar-refractivity contribution in [2.45, 2.75) is 13.0 Å².